The lowest BCUT2D eigenvalue weighted by Crippen LogP contribution is -2.42. The number of likely N-dealkylation sites (tertiary alicyclic amines) is 1. The predicted octanol–water partition coefficient (Wildman–Crippen LogP) is 3.50. The van der Waals surface area contributed by atoms with Crippen LogP contribution in [0.25, 0.3) is 5.69 Å². The van der Waals surface area contributed by atoms with E-state index in [2.05, 4.69) is 10.1 Å². The third kappa shape index (κ3) is 4.14. The smallest absolute Gasteiger partial charge is 0.293 e. The second-order valence-electron chi connectivity index (χ2n) is 6.45. The third-order valence-electron chi connectivity index (χ3n) is 4.68. The SMILES string of the molecule is Cc1nc(C(=O)N2CCC(C(C)N)CC2)nn1-c1c(Cl)cccc1Cl.Cl. The zero-order chi connectivity index (χ0) is 18.1. The number of benzene rings is 1. The van der Waals surface area contributed by atoms with Crippen LogP contribution >= 0.6 is 35.6 Å². The number of nitrogens with two attached hydrogens (primary N) is 1. The van der Waals surface area contributed by atoms with Crippen LogP contribution in [0.5, 0.6) is 0 Å². The molecule has 2 heterocycles. The van der Waals surface area contributed by atoms with Gasteiger partial charge in [0, 0.05) is 19.1 Å². The maximum Gasteiger partial charge on any atom is 0.293 e. The fraction of sp³-hybridized carbons (Fsp3) is 0.471. The molecule has 1 amide bonds. The molecule has 1 atom stereocenters. The Kier molecular flexibility index (Phi) is 6.91. The van der Waals surface area contributed by atoms with Gasteiger partial charge in [-0.1, -0.05) is 29.3 Å². The van der Waals surface area contributed by atoms with Gasteiger partial charge in [0.1, 0.15) is 11.5 Å². The number of aromatic nitrogens is 3. The standard InChI is InChI=1S/C17H21Cl2N5O.ClH/c1-10(20)12-6-8-23(9-7-12)17(25)16-21-11(2)24(22-16)15-13(18)4-3-5-14(15)19;/h3-5,10,12H,6-9,20H2,1-2H3;1H. The number of aryl methyl sites for hydroxylation is 1. The molecule has 1 aliphatic rings. The average molecular weight is 419 g/mol. The van der Waals surface area contributed by atoms with Crippen molar-refractivity contribution in [2.24, 2.45) is 11.7 Å². The highest BCUT2D eigenvalue weighted by atomic mass is 35.5. The van der Waals surface area contributed by atoms with Crippen LogP contribution in [-0.4, -0.2) is 44.7 Å². The zero-order valence-electron chi connectivity index (χ0n) is 14.7. The summed E-state index contributed by atoms with van der Waals surface area (Å²) in [4.78, 5) is 18.8. The summed E-state index contributed by atoms with van der Waals surface area (Å²) in [5, 5.41) is 5.26. The Morgan fingerprint density at radius 2 is 1.85 bits per heavy atom. The molecule has 1 aromatic carbocycles. The van der Waals surface area contributed by atoms with Gasteiger partial charge in [-0.05, 0) is 44.7 Å². The van der Waals surface area contributed by atoms with Gasteiger partial charge in [0.15, 0.2) is 0 Å². The Balaban J connectivity index is 0.00000243. The topological polar surface area (TPSA) is 77.0 Å². The second kappa shape index (κ2) is 8.57. The Bertz CT molecular complexity index is 764. The number of amides is 1. The molecule has 1 unspecified atom stereocenters. The summed E-state index contributed by atoms with van der Waals surface area (Å²) in [6.45, 7) is 5.13. The average Bonchev–Trinajstić information content (AvgIpc) is 2.96. The van der Waals surface area contributed by atoms with Gasteiger partial charge < -0.3 is 10.6 Å². The quantitative estimate of drug-likeness (QED) is 0.827. The maximum absolute atomic E-state index is 12.7. The molecule has 0 spiro atoms. The van der Waals surface area contributed by atoms with E-state index in [0.717, 1.165) is 12.8 Å². The van der Waals surface area contributed by atoms with Crippen LogP contribution in [0.15, 0.2) is 18.2 Å². The van der Waals surface area contributed by atoms with Crippen molar-refractivity contribution < 1.29 is 4.79 Å². The molecule has 142 valence electrons. The number of carbonyl (C=O) groups is 1. The number of hydrogen-bond donors (Lipinski definition) is 1. The minimum absolute atomic E-state index is 0. The van der Waals surface area contributed by atoms with Crippen molar-refractivity contribution in [3.8, 4) is 5.69 Å². The summed E-state index contributed by atoms with van der Waals surface area (Å²) in [6.07, 6.45) is 1.80. The van der Waals surface area contributed by atoms with Crippen molar-refractivity contribution in [3.05, 3.63) is 39.9 Å². The van der Waals surface area contributed by atoms with E-state index in [9.17, 15) is 4.79 Å². The number of piperidine rings is 1. The van der Waals surface area contributed by atoms with Crippen LogP contribution in [0, 0.1) is 12.8 Å². The second-order valence-corrected chi connectivity index (χ2v) is 7.27. The summed E-state index contributed by atoms with van der Waals surface area (Å²) in [7, 11) is 0. The van der Waals surface area contributed by atoms with Gasteiger partial charge >= 0.3 is 0 Å². The number of hydrogen-bond acceptors (Lipinski definition) is 4. The van der Waals surface area contributed by atoms with Crippen LogP contribution in [0.1, 0.15) is 36.2 Å². The number of para-hydroxylation sites is 1. The first-order chi connectivity index (χ1) is 11.9. The lowest BCUT2D eigenvalue weighted by molar-refractivity contribution is 0.0668. The minimum atomic E-state index is -0.173. The predicted molar refractivity (Wildman–Crippen MR) is 106 cm³/mol. The van der Waals surface area contributed by atoms with Gasteiger partial charge in [-0.15, -0.1) is 17.5 Å². The monoisotopic (exact) mass is 417 g/mol. The van der Waals surface area contributed by atoms with Crippen molar-refractivity contribution in [1.82, 2.24) is 19.7 Å². The van der Waals surface area contributed by atoms with E-state index in [4.69, 9.17) is 28.9 Å². The highest BCUT2D eigenvalue weighted by molar-refractivity contribution is 6.37. The van der Waals surface area contributed by atoms with Crippen molar-refractivity contribution in [3.63, 3.8) is 0 Å². The van der Waals surface area contributed by atoms with Gasteiger partial charge in [0.05, 0.1) is 10.0 Å². The number of rotatable bonds is 3. The normalized spacial score (nSPS) is 16.3. The van der Waals surface area contributed by atoms with Crippen molar-refractivity contribution in [2.45, 2.75) is 32.7 Å². The first-order valence-corrected chi connectivity index (χ1v) is 9.07. The maximum atomic E-state index is 12.7. The Morgan fingerprint density at radius 1 is 1.27 bits per heavy atom. The molecule has 2 aromatic rings. The molecule has 1 fully saturated rings. The van der Waals surface area contributed by atoms with Crippen molar-refractivity contribution >= 4 is 41.5 Å². The fourth-order valence-corrected chi connectivity index (χ4v) is 3.71. The van der Waals surface area contributed by atoms with E-state index in [0.29, 0.717) is 40.6 Å². The molecule has 3 rings (SSSR count). The number of carbonyl (C=O) groups excluding carboxylic acids is 1. The zero-order valence-corrected chi connectivity index (χ0v) is 17.0. The molecule has 0 bridgehead atoms. The molecular formula is C17H22Cl3N5O. The molecule has 26 heavy (non-hydrogen) atoms. The van der Waals surface area contributed by atoms with Crippen LogP contribution in [0.4, 0.5) is 0 Å². The van der Waals surface area contributed by atoms with Crippen molar-refractivity contribution in [1.29, 1.82) is 0 Å². The Hall–Kier alpha value is -1.34. The summed E-state index contributed by atoms with van der Waals surface area (Å²) < 4.78 is 1.52. The largest absolute Gasteiger partial charge is 0.336 e. The molecular weight excluding hydrogens is 397 g/mol. The van der Waals surface area contributed by atoms with E-state index in [1.54, 1.807) is 30.0 Å². The number of nitrogens with zero attached hydrogens (tertiary/aromatic N) is 4. The molecule has 0 saturated carbocycles. The Labute approximate surface area is 169 Å². The van der Waals surface area contributed by atoms with Gasteiger partial charge in [-0.25, -0.2) is 9.67 Å². The molecule has 1 aliphatic heterocycles. The highest BCUT2D eigenvalue weighted by Gasteiger charge is 2.28. The molecule has 2 N–H and O–H groups in total. The van der Waals surface area contributed by atoms with Crippen LogP contribution < -0.4 is 5.73 Å². The van der Waals surface area contributed by atoms with E-state index >= 15 is 0 Å². The summed E-state index contributed by atoms with van der Waals surface area (Å²) in [5.74, 6) is 1.00. The fourth-order valence-electron chi connectivity index (χ4n) is 3.15. The third-order valence-corrected chi connectivity index (χ3v) is 5.29. The summed E-state index contributed by atoms with van der Waals surface area (Å²) >= 11 is 12.5. The Morgan fingerprint density at radius 3 is 2.38 bits per heavy atom. The van der Waals surface area contributed by atoms with E-state index in [-0.39, 0.29) is 30.2 Å². The van der Waals surface area contributed by atoms with E-state index < -0.39 is 0 Å². The van der Waals surface area contributed by atoms with Crippen LogP contribution in [0.2, 0.25) is 10.0 Å². The first-order valence-electron chi connectivity index (χ1n) is 8.31. The molecule has 0 radical (unpaired) electrons. The molecule has 1 aromatic heterocycles. The van der Waals surface area contributed by atoms with Gasteiger partial charge in [-0.2, -0.15) is 0 Å². The molecule has 0 aliphatic carbocycles. The van der Waals surface area contributed by atoms with Crippen LogP contribution in [-0.2, 0) is 0 Å². The highest BCUT2D eigenvalue weighted by Crippen LogP contribution is 2.28. The van der Waals surface area contributed by atoms with E-state index in [1.807, 2.05) is 6.92 Å². The lowest BCUT2D eigenvalue weighted by atomic mass is 9.91. The minimum Gasteiger partial charge on any atom is -0.336 e. The number of halogens is 3. The first kappa shape index (κ1) is 21.0. The summed E-state index contributed by atoms with van der Waals surface area (Å²) in [6, 6.07) is 5.36. The van der Waals surface area contributed by atoms with Crippen LogP contribution in [0.3, 0.4) is 0 Å². The molecule has 1 saturated heterocycles. The lowest BCUT2D eigenvalue weighted by Gasteiger charge is -2.33. The molecule has 6 nitrogen and oxygen atoms in total. The van der Waals surface area contributed by atoms with Gasteiger partial charge in [0.2, 0.25) is 5.82 Å². The van der Waals surface area contributed by atoms with Gasteiger partial charge in [0.25, 0.3) is 5.91 Å². The van der Waals surface area contributed by atoms with Gasteiger partial charge in [-0.3, -0.25) is 4.79 Å². The molecule has 9 heteroatoms. The van der Waals surface area contributed by atoms with Crippen molar-refractivity contribution in [2.75, 3.05) is 13.1 Å². The van der Waals surface area contributed by atoms with E-state index in [1.165, 1.54) is 4.68 Å². The summed E-state index contributed by atoms with van der Waals surface area (Å²) in [5.41, 5.74) is 6.49.